The number of nitrogens with zero attached hydrogens (tertiary/aromatic N) is 3. The van der Waals surface area contributed by atoms with Crippen molar-refractivity contribution >= 4 is 33.6 Å². The molecular formula is C36H46N4O7S. The monoisotopic (exact) mass is 678 g/mol. The molecule has 0 aliphatic carbocycles. The summed E-state index contributed by atoms with van der Waals surface area (Å²) in [6.45, 7) is 8.89. The number of hydrogen-bond donors (Lipinski definition) is 3. The van der Waals surface area contributed by atoms with Crippen LogP contribution in [0.25, 0.3) is 10.2 Å². The van der Waals surface area contributed by atoms with Crippen molar-refractivity contribution in [3.05, 3.63) is 93.1 Å². The Labute approximate surface area is 285 Å². The molecular weight excluding hydrogens is 632 g/mol. The number of carbonyl (C=O) groups is 2. The van der Waals surface area contributed by atoms with Crippen LogP contribution in [0.2, 0.25) is 0 Å². The molecule has 0 atom stereocenters. The normalized spacial score (nSPS) is 11.2. The van der Waals surface area contributed by atoms with Gasteiger partial charge >= 0.3 is 11.0 Å². The molecule has 0 aliphatic rings. The minimum Gasteiger partial charge on any atom is -0.506 e. The van der Waals surface area contributed by atoms with Gasteiger partial charge in [0, 0.05) is 32.7 Å². The van der Waals surface area contributed by atoms with Gasteiger partial charge in [-0.3, -0.25) is 9.59 Å². The molecule has 3 aromatic carbocycles. The highest BCUT2D eigenvalue weighted by Crippen LogP contribution is 2.28. The highest BCUT2D eigenvalue weighted by atomic mass is 32.1. The van der Waals surface area contributed by atoms with E-state index in [1.807, 2.05) is 54.6 Å². The van der Waals surface area contributed by atoms with Gasteiger partial charge in [0.15, 0.2) is 0 Å². The van der Waals surface area contributed by atoms with Crippen LogP contribution >= 0.6 is 11.3 Å². The summed E-state index contributed by atoms with van der Waals surface area (Å²) in [5.74, 6) is 0.703. The molecule has 1 aromatic heterocycles. The van der Waals surface area contributed by atoms with Gasteiger partial charge in [0.05, 0.1) is 24.3 Å². The maximum absolute atomic E-state index is 13.3. The Hall–Kier alpha value is -4.39. The lowest BCUT2D eigenvalue weighted by Gasteiger charge is -2.29. The smallest absolute Gasteiger partial charge is 0.407 e. The third-order valence-corrected chi connectivity index (χ3v) is 9.26. The fraction of sp³-hybridized carbons (Fsp3) is 0.417. The van der Waals surface area contributed by atoms with Crippen LogP contribution in [0, 0.1) is 0 Å². The van der Waals surface area contributed by atoms with Crippen LogP contribution in [-0.2, 0) is 29.0 Å². The number of amides is 2. The zero-order valence-corrected chi connectivity index (χ0v) is 28.5. The van der Waals surface area contributed by atoms with Crippen molar-refractivity contribution in [2.45, 2.75) is 39.7 Å². The quantitative estimate of drug-likeness (QED) is 0.108. The molecule has 0 aliphatic heterocycles. The van der Waals surface area contributed by atoms with Crippen molar-refractivity contribution in [1.82, 2.24) is 19.7 Å². The highest BCUT2D eigenvalue weighted by Gasteiger charge is 2.19. The highest BCUT2D eigenvalue weighted by molar-refractivity contribution is 7.16. The summed E-state index contributed by atoms with van der Waals surface area (Å²) >= 11 is 0.988. The van der Waals surface area contributed by atoms with Crippen LogP contribution in [0.3, 0.4) is 0 Å². The lowest BCUT2D eigenvalue weighted by molar-refractivity contribution is -0.132. The van der Waals surface area contributed by atoms with E-state index in [9.17, 15) is 24.6 Å². The number of phenolic OH excluding ortho intramolecular Hbond substituents is 1. The number of rotatable bonds is 20. The fourth-order valence-corrected chi connectivity index (χ4v) is 6.23. The summed E-state index contributed by atoms with van der Waals surface area (Å²) < 4.78 is 12.3. The second kappa shape index (κ2) is 18.8. The van der Waals surface area contributed by atoms with Crippen molar-refractivity contribution in [2.75, 3.05) is 59.0 Å². The summed E-state index contributed by atoms with van der Waals surface area (Å²) in [6.07, 6.45) is 0.193. The van der Waals surface area contributed by atoms with Crippen LogP contribution in [0.4, 0.5) is 4.79 Å². The van der Waals surface area contributed by atoms with Gasteiger partial charge in [-0.15, -0.1) is 0 Å². The number of carboxylic acid groups (broad SMARTS) is 1. The predicted octanol–water partition coefficient (Wildman–Crippen LogP) is 5.22. The summed E-state index contributed by atoms with van der Waals surface area (Å²) in [5.41, 5.74) is 3.36. The van der Waals surface area contributed by atoms with E-state index in [2.05, 4.69) is 23.7 Å². The molecule has 0 saturated carbocycles. The van der Waals surface area contributed by atoms with Crippen LogP contribution in [0.15, 0.2) is 71.5 Å². The minimum absolute atomic E-state index is 0.0209. The van der Waals surface area contributed by atoms with Crippen LogP contribution in [-0.4, -0.2) is 101 Å². The van der Waals surface area contributed by atoms with Gasteiger partial charge in [-0.1, -0.05) is 73.7 Å². The van der Waals surface area contributed by atoms with Gasteiger partial charge < -0.3 is 39.4 Å². The molecule has 0 bridgehead atoms. The number of thiazole rings is 1. The summed E-state index contributed by atoms with van der Waals surface area (Å²) in [4.78, 5) is 44.9. The van der Waals surface area contributed by atoms with Crippen LogP contribution in [0.5, 0.6) is 11.5 Å². The Morgan fingerprint density at radius 3 is 2.23 bits per heavy atom. The minimum atomic E-state index is -1.08. The van der Waals surface area contributed by atoms with Crippen LogP contribution < -0.4 is 9.61 Å². The number of aromatic hydroxyl groups is 1. The summed E-state index contributed by atoms with van der Waals surface area (Å²) in [5, 5.41) is 20.0. The summed E-state index contributed by atoms with van der Waals surface area (Å²) in [7, 11) is 0. The van der Waals surface area contributed by atoms with Crippen molar-refractivity contribution in [3.63, 3.8) is 0 Å². The molecule has 4 aromatic rings. The second-order valence-corrected chi connectivity index (χ2v) is 12.4. The average molecular weight is 679 g/mol. The van der Waals surface area contributed by atoms with Crippen LogP contribution in [0.1, 0.15) is 37.0 Å². The van der Waals surface area contributed by atoms with E-state index in [-0.39, 0.29) is 49.2 Å². The number of aromatic nitrogens is 1. The Morgan fingerprint density at radius 1 is 0.812 bits per heavy atom. The van der Waals surface area contributed by atoms with Crippen molar-refractivity contribution in [2.24, 2.45) is 0 Å². The van der Waals surface area contributed by atoms with Crippen molar-refractivity contribution < 1.29 is 29.3 Å². The van der Waals surface area contributed by atoms with Gasteiger partial charge in [-0.25, -0.2) is 4.79 Å². The molecule has 48 heavy (non-hydrogen) atoms. The zero-order chi connectivity index (χ0) is 34.3. The number of benzene rings is 3. The SMILES string of the molecule is CCN(CC)CCN(CCN(CCc1ccc(O)c2[nH]c(=O)sc12)C(=O)O)C(=O)CCOCCc1ccc(OCc2ccccc2)cc1. The van der Waals surface area contributed by atoms with Gasteiger partial charge in [0.1, 0.15) is 23.6 Å². The number of carbonyl (C=O) groups excluding carboxylic acids is 1. The number of hydrogen-bond acceptors (Lipinski definition) is 8. The largest absolute Gasteiger partial charge is 0.506 e. The first-order valence-corrected chi connectivity index (χ1v) is 17.2. The first-order valence-electron chi connectivity index (χ1n) is 16.4. The number of phenols is 1. The van der Waals surface area contributed by atoms with Crippen molar-refractivity contribution in [3.8, 4) is 11.5 Å². The Morgan fingerprint density at radius 2 is 1.52 bits per heavy atom. The number of H-pyrrole nitrogens is 1. The molecule has 11 nitrogen and oxygen atoms in total. The lowest BCUT2D eigenvalue weighted by Crippen LogP contribution is -2.44. The molecule has 0 spiro atoms. The molecule has 1 heterocycles. The molecule has 0 radical (unpaired) electrons. The Bertz CT molecular complexity index is 1640. The number of fused-ring (bicyclic) bond motifs is 1. The second-order valence-electron chi connectivity index (χ2n) is 11.4. The van der Waals surface area contributed by atoms with E-state index in [1.54, 1.807) is 11.0 Å². The molecule has 3 N–H and O–H groups in total. The maximum Gasteiger partial charge on any atom is 0.407 e. The molecule has 4 rings (SSSR count). The zero-order valence-electron chi connectivity index (χ0n) is 27.7. The predicted molar refractivity (Wildman–Crippen MR) is 188 cm³/mol. The molecule has 0 fully saturated rings. The van der Waals surface area contributed by atoms with E-state index in [1.165, 1.54) is 11.0 Å². The maximum atomic E-state index is 13.3. The van der Waals surface area contributed by atoms with E-state index >= 15 is 0 Å². The lowest BCUT2D eigenvalue weighted by atomic mass is 10.1. The first-order chi connectivity index (χ1) is 23.3. The van der Waals surface area contributed by atoms with E-state index < -0.39 is 6.09 Å². The van der Waals surface area contributed by atoms with Gasteiger partial charge in [0.2, 0.25) is 5.91 Å². The molecule has 2 amide bonds. The van der Waals surface area contributed by atoms with E-state index in [0.717, 1.165) is 46.9 Å². The topological polar surface area (TPSA) is 136 Å². The van der Waals surface area contributed by atoms with Crippen molar-refractivity contribution in [1.29, 1.82) is 0 Å². The number of aromatic amines is 1. The molecule has 0 saturated heterocycles. The Kier molecular flexibility index (Phi) is 14.3. The average Bonchev–Trinajstić information content (AvgIpc) is 3.50. The number of ether oxygens (including phenoxy) is 2. The Balaban J connectivity index is 1.24. The van der Waals surface area contributed by atoms with Gasteiger partial charge in [0.25, 0.3) is 0 Å². The molecule has 258 valence electrons. The number of likely N-dealkylation sites (N-methyl/N-ethyl adjacent to an activating group) is 1. The van der Waals surface area contributed by atoms with E-state index in [0.29, 0.717) is 49.4 Å². The van der Waals surface area contributed by atoms with Gasteiger partial charge in [-0.05, 0) is 60.8 Å². The van der Waals surface area contributed by atoms with E-state index in [4.69, 9.17) is 9.47 Å². The third-order valence-electron chi connectivity index (χ3n) is 8.30. The summed E-state index contributed by atoms with van der Waals surface area (Å²) in [6, 6.07) is 21.1. The van der Waals surface area contributed by atoms with Gasteiger partial charge in [-0.2, -0.15) is 0 Å². The molecule has 12 heteroatoms. The standard InChI is InChI=1S/C36H46N4O7S/c1-3-38(4-2)20-21-39(22-23-40(36(44)45)19-16-29-12-15-31(41)33-34(29)48-35(43)37-33)32(42)18-25-46-24-17-27-10-13-30(14-11-27)47-26-28-8-6-5-7-9-28/h5-15,41H,3-4,16-26H2,1-2H3,(H,37,43)(H,44,45). The third kappa shape index (κ3) is 11.1. The first kappa shape index (κ1) is 36.4. The fourth-order valence-electron chi connectivity index (χ4n) is 5.34. The molecule has 0 unspecified atom stereocenters. The number of nitrogens with one attached hydrogen (secondary N) is 1.